The Hall–Kier alpha value is -0.960. The number of hydrogen-bond donors (Lipinski definition) is 0. The molecule has 0 aliphatic carbocycles. The summed E-state index contributed by atoms with van der Waals surface area (Å²) < 4.78 is 0. The number of carbonyl (C=O) groups is 1. The first-order valence-electron chi connectivity index (χ1n) is 4.83. The summed E-state index contributed by atoms with van der Waals surface area (Å²) in [6.07, 6.45) is 2.83. The minimum atomic E-state index is -0.235. The number of nitrogens with zero attached hydrogens (tertiary/aromatic N) is 1. The largest absolute Gasteiger partial charge is 0.302 e. The first-order valence-corrected chi connectivity index (χ1v) is 5.75. The van der Waals surface area contributed by atoms with Gasteiger partial charge >= 0.3 is 0 Å². The van der Waals surface area contributed by atoms with E-state index in [0.29, 0.717) is 0 Å². The Balaban J connectivity index is 2.46. The Morgan fingerprint density at radius 3 is 2.87 bits per heavy atom. The summed E-state index contributed by atoms with van der Waals surface area (Å²) in [4.78, 5) is 14.8. The van der Waals surface area contributed by atoms with Crippen molar-refractivity contribution in [3.63, 3.8) is 0 Å². The second-order valence-corrected chi connectivity index (χ2v) is 5.28. The van der Waals surface area contributed by atoms with E-state index in [0.717, 1.165) is 17.5 Å². The summed E-state index contributed by atoms with van der Waals surface area (Å²) in [7, 11) is 0. The first kappa shape index (κ1) is 10.6. The average molecular weight is 266 g/mol. The van der Waals surface area contributed by atoms with Crippen molar-refractivity contribution in [2.24, 2.45) is 4.99 Å². The van der Waals surface area contributed by atoms with Crippen LogP contribution < -0.4 is 0 Å². The van der Waals surface area contributed by atoms with Crippen LogP contribution in [0.5, 0.6) is 0 Å². The number of aliphatic imine (C=N–C) groups is 1. The van der Waals surface area contributed by atoms with Crippen LogP contribution in [0.3, 0.4) is 0 Å². The molecule has 2 rings (SSSR count). The maximum atomic E-state index is 10.6. The molecule has 0 fully saturated rings. The van der Waals surface area contributed by atoms with Crippen LogP contribution in [-0.4, -0.2) is 12.5 Å². The number of carbonyl (C=O) groups excluding carboxylic acids is 1. The monoisotopic (exact) mass is 265 g/mol. The van der Waals surface area contributed by atoms with Gasteiger partial charge in [0.15, 0.2) is 0 Å². The SMILES string of the molecule is CC1(C)C=Nc2cc(C(Br)C=O)ccc21. The molecule has 2 nitrogen and oxygen atoms in total. The van der Waals surface area contributed by atoms with Crippen LogP contribution in [0, 0.1) is 0 Å². The van der Waals surface area contributed by atoms with Crippen molar-refractivity contribution in [2.45, 2.75) is 24.1 Å². The molecule has 1 aromatic rings. The van der Waals surface area contributed by atoms with E-state index >= 15 is 0 Å². The Kier molecular flexibility index (Phi) is 2.51. The van der Waals surface area contributed by atoms with Gasteiger partial charge in [0.25, 0.3) is 0 Å². The maximum Gasteiger partial charge on any atom is 0.138 e. The summed E-state index contributed by atoms with van der Waals surface area (Å²) in [5.41, 5.74) is 3.16. The van der Waals surface area contributed by atoms with Gasteiger partial charge in [-0.3, -0.25) is 4.99 Å². The van der Waals surface area contributed by atoms with Crippen LogP contribution in [0.25, 0.3) is 0 Å². The summed E-state index contributed by atoms with van der Waals surface area (Å²) >= 11 is 3.30. The molecule has 1 aliphatic rings. The predicted octanol–water partition coefficient (Wildman–Crippen LogP) is 3.32. The topological polar surface area (TPSA) is 29.4 Å². The van der Waals surface area contributed by atoms with Crippen LogP contribution in [0.1, 0.15) is 29.8 Å². The zero-order valence-electron chi connectivity index (χ0n) is 8.70. The van der Waals surface area contributed by atoms with Crippen molar-refractivity contribution in [1.29, 1.82) is 0 Å². The summed E-state index contributed by atoms with van der Waals surface area (Å²) in [5.74, 6) is 0. The van der Waals surface area contributed by atoms with E-state index in [4.69, 9.17) is 0 Å². The first-order chi connectivity index (χ1) is 7.04. The molecule has 15 heavy (non-hydrogen) atoms. The molecular weight excluding hydrogens is 254 g/mol. The van der Waals surface area contributed by atoms with Gasteiger partial charge in [-0.15, -0.1) is 0 Å². The van der Waals surface area contributed by atoms with Gasteiger partial charge in [0.2, 0.25) is 0 Å². The third kappa shape index (κ3) is 1.76. The maximum absolute atomic E-state index is 10.6. The Bertz CT molecular complexity index is 437. The van der Waals surface area contributed by atoms with Gasteiger partial charge in [0.05, 0.1) is 10.5 Å². The molecule has 1 aliphatic heterocycles. The molecule has 0 aromatic heterocycles. The highest BCUT2D eigenvalue weighted by Gasteiger charge is 2.26. The Morgan fingerprint density at radius 2 is 2.20 bits per heavy atom. The standard InChI is InChI=1S/C12H12BrNO/c1-12(2)7-14-11-5-8(10(13)6-15)3-4-9(11)12/h3-7,10H,1-2H3. The van der Waals surface area contributed by atoms with E-state index in [1.165, 1.54) is 5.56 Å². The van der Waals surface area contributed by atoms with E-state index in [1.807, 2.05) is 18.3 Å². The molecular formula is C12H12BrNO. The highest BCUT2D eigenvalue weighted by molar-refractivity contribution is 9.09. The smallest absolute Gasteiger partial charge is 0.138 e. The van der Waals surface area contributed by atoms with Gasteiger partial charge < -0.3 is 4.79 Å². The van der Waals surface area contributed by atoms with Gasteiger partial charge in [-0.25, -0.2) is 0 Å². The molecule has 1 atom stereocenters. The molecule has 78 valence electrons. The zero-order valence-corrected chi connectivity index (χ0v) is 10.3. The molecule has 0 spiro atoms. The van der Waals surface area contributed by atoms with E-state index < -0.39 is 0 Å². The molecule has 0 saturated heterocycles. The summed E-state index contributed by atoms with van der Waals surface area (Å²) in [5, 5.41) is 0. The number of fused-ring (bicyclic) bond motifs is 1. The molecule has 0 saturated carbocycles. The van der Waals surface area contributed by atoms with E-state index in [2.05, 4.69) is 40.8 Å². The van der Waals surface area contributed by atoms with Crippen molar-refractivity contribution >= 4 is 34.1 Å². The fraction of sp³-hybridized carbons (Fsp3) is 0.333. The minimum Gasteiger partial charge on any atom is -0.302 e. The van der Waals surface area contributed by atoms with Crippen LogP contribution in [-0.2, 0) is 10.2 Å². The van der Waals surface area contributed by atoms with Crippen molar-refractivity contribution in [3.8, 4) is 0 Å². The van der Waals surface area contributed by atoms with Gasteiger partial charge in [-0.2, -0.15) is 0 Å². The molecule has 1 unspecified atom stereocenters. The lowest BCUT2D eigenvalue weighted by Crippen LogP contribution is -2.14. The van der Waals surface area contributed by atoms with Crippen molar-refractivity contribution in [3.05, 3.63) is 29.3 Å². The van der Waals surface area contributed by atoms with Gasteiger partial charge in [-0.1, -0.05) is 41.9 Å². The molecule has 0 radical (unpaired) electrons. The van der Waals surface area contributed by atoms with Gasteiger partial charge in [0.1, 0.15) is 6.29 Å². The molecule has 1 heterocycles. The van der Waals surface area contributed by atoms with Gasteiger partial charge in [-0.05, 0) is 17.2 Å². The lowest BCUT2D eigenvalue weighted by atomic mass is 9.86. The number of hydrogen-bond acceptors (Lipinski definition) is 2. The second kappa shape index (κ2) is 3.56. The van der Waals surface area contributed by atoms with Crippen LogP contribution in [0.15, 0.2) is 23.2 Å². The Labute approximate surface area is 97.5 Å². The lowest BCUT2D eigenvalue weighted by Gasteiger charge is -2.16. The van der Waals surface area contributed by atoms with E-state index in [1.54, 1.807) is 0 Å². The number of halogens is 1. The van der Waals surface area contributed by atoms with Crippen LogP contribution in [0.2, 0.25) is 0 Å². The van der Waals surface area contributed by atoms with Crippen LogP contribution >= 0.6 is 15.9 Å². The van der Waals surface area contributed by atoms with E-state index in [-0.39, 0.29) is 10.2 Å². The van der Waals surface area contributed by atoms with Gasteiger partial charge in [0, 0.05) is 11.6 Å². The average Bonchev–Trinajstić information content (AvgIpc) is 2.53. The fourth-order valence-corrected chi connectivity index (χ4v) is 2.04. The highest BCUT2D eigenvalue weighted by Crippen LogP contribution is 2.38. The van der Waals surface area contributed by atoms with Crippen molar-refractivity contribution in [1.82, 2.24) is 0 Å². The molecule has 0 amide bonds. The quantitative estimate of drug-likeness (QED) is 0.596. The fourth-order valence-electron chi connectivity index (χ4n) is 1.75. The number of benzene rings is 1. The highest BCUT2D eigenvalue weighted by atomic mass is 79.9. The van der Waals surface area contributed by atoms with Crippen molar-refractivity contribution in [2.75, 3.05) is 0 Å². The lowest BCUT2D eigenvalue weighted by molar-refractivity contribution is -0.107. The predicted molar refractivity (Wildman–Crippen MR) is 65.4 cm³/mol. The molecule has 1 aromatic carbocycles. The molecule has 0 N–H and O–H groups in total. The van der Waals surface area contributed by atoms with Crippen molar-refractivity contribution < 1.29 is 4.79 Å². The third-order valence-electron chi connectivity index (χ3n) is 2.68. The van der Waals surface area contributed by atoms with E-state index in [9.17, 15) is 4.79 Å². The molecule has 0 bridgehead atoms. The van der Waals surface area contributed by atoms with Crippen LogP contribution in [0.4, 0.5) is 5.69 Å². The second-order valence-electron chi connectivity index (χ2n) is 4.29. The number of aldehydes is 1. The minimum absolute atomic E-state index is 0.0108. The number of alkyl halides is 1. The third-order valence-corrected chi connectivity index (χ3v) is 3.42. The number of rotatable bonds is 2. The molecule has 3 heteroatoms. The normalized spacial score (nSPS) is 18.6. The zero-order chi connectivity index (χ0) is 11.1. The summed E-state index contributed by atoms with van der Waals surface area (Å²) in [6, 6.07) is 5.99. The Morgan fingerprint density at radius 1 is 1.47 bits per heavy atom. The summed E-state index contributed by atoms with van der Waals surface area (Å²) in [6.45, 7) is 4.26.